The number of aliphatic hydroxyl groups is 1. The summed E-state index contributed by atoms with van der Waals surface area (Å²) in [4.78, 5) is 0. The second-order valence-corrected chi connectivity index (χ2v) is 4.54. The summed E-state index contributed by atoms with van der Waals surface area (Å²) in [7, 11) is 0. The van der Waals surface area contributed by atoms with Crippen molar-refractivity contribution in [3.63, 3.8) is 0 Å². The molecule has 13 heavy (non-hydrogen) atoms. The zero-order valence-electron chi connectivity index (χ0n) is 8.75. The molecular weight excluding hydrogens is 171 g/mol. The van der Waals surface area contributed by atoms with E-state index in [2.05, 4.69) is 0 Å². The van der Waals surface area contributed by atoms with Gasteiger partial charge in [0.2, 0.25) is 0 Å². The Morgan fingerprint density at radius 2 is 2.08 bits per heavy atom. The molecule has 1 saturated heterocycles. The molecule has 1 N–H and O–H groups in total. The quantitative estimate of drug-likeness (QED) is 0.720. The average molecular weight is 190 g/mol. The number of hydrogen-bond acceptors (Lipinski definition) is 2. The maximum Gasteiger partial charge on any atom is 0.162 e. The Labute approximate surface area is 79.1 Å². The van der Waals surface area contributed by atoms with Crippen molar-refractivity contribution in [1.82, 2.24) is 0 Å². The second-order valence-electron chi connectivity index (χ2n) is 4.54. The number of aliphatic hydroxyl groups excluding tert-OH is 1. The molecule has 3 heteroatoms. The molecule has 0 bridgehead atoms. The number of rotatable bonds is 2. The largest absolute Gasteiger partial charge is 0.387 e. The van der Waals surface area contributed by atoms with Crippen LogP contribution in [0.4, 0.5) is 4.39 Å². The lowest BCUT2D eigenvalue weighted by Gasteiger charge is -2.21. The van der Waals surface area contributed by atoms with Crippen molar-refractivity contribution in [2.24, 2.45) is 5.92 Å². The lowest BCUT2D eigenvalue weighted by molar-refractivity contribution is 0.00426. The molecule has 0 spiro atoms. The molecule has 1 rings (SSSR count). The minimum atomic E-state index is -1.60. The van der Waals surface area contributed by atoms with E-state index in [9.17, 15) is 9.50 Å². The maximum absolute atomic E-state index is 13.7. The third kappa shape index (κ3) is 2.02. The minimum Gasteiger partial charge on any atom is -0.387 e. The number of ether oxygens (including phenoxy) is 1. The lowest BCUT2D eigenvalue weighted by atomic mass is 9.92. The molecular formula is C10H19FO2. The molecule has 78 valence electrons. The van der Waals surface area contributed by atoms with Crippen LogP contribution in [0, 0.1) is 5.92 Å². The van der Waals surface area contributed by atoms with Gasteiger partial charge in [0.25, 0.3) is 0 Å². The Hall–Kier alpha value is -0.150. The van der Waals surface area contributed by atoms with Gasteiger partial charge in [0.1, 0.15) is 6.10 Å². The fourth-order valence-electron chi connectivity index (χ4n) is 1.72. The van der Waals surface area contributed by atoms with E-state index in [1.807, 2.05) is 13.8 Å². The van der Waals surface area contributed by atoms with E-state index in [0.717, 1.165) is 0 Å². The van der Waals surface area contributed by atoms with Crippen molar-refractivity contribution >= 4 is 0 Å². The molecule has 1 heterocycles. The number of hydrogen-bond donors (Lipinski definition) is 1. The minimum absolute atomic E-state index is 0.343. The Morgan fingerprint density at radius 3 is 2.38 bits per heavy atom. The van der Waals surface area contributed by atoms with E-state index in [1.165, 1.54) is 6.92 Å². The fourth-order valence-corrected chi connectivity index (χ4v) is 1.72. The summed E-state index contributed by atoms with van der Waals surface area (Å²) in [6.45, 7) is 7.15. The van der Waals surface area contributed by atoms with Gasteiger partial charge < -0.3 is 9.84 Å². The predicted octanol–water partition coefficient (Wildman–Crippen LogP) is 1.91. The van der Waals surface area contributed by atoms with E-state index in [1.54, 1.807) is 6.92 Å². The van der Waals surface area contributed by atoms with Crippen molar-refractivity contribution in [2.45, 2.75) is 58.1 Å². The van der Waals surface area contributed by atoms with Crippen LogP contribution < -0.4 is 0 Å². The summed E-state index contributed by atoms with van der Waals surface area (Å²) in [6, 6.07) is 0. The summed E-state index contributed by atoms with van der Waals surface area (Å²) in [5.41, 5.74) is -1.60. The molecule has 0 saturated carbocycles. The molecule has 4 atom stereocenters. The van der Waals surface area contributed by atoms with Crippen LogP contribution in [0.2, 0.25) is 0 Å². The van der Waals surface area contributed by atoms with Gasteiger partial charge >= 0.3 is 0 Å². The first-order valence-electron chi connectivity index (χ1n) is 4.88. The van der Waals surface area contributed by atoms with Gasteiger partial charge in [-0.2, -0.15) is 0 Å². The third-order valence-corrected chi connectivity index (χ3v) is 2.81. The van der Waals surface area contributed by atoms with Crippen LogP contribution in [0.25, 0.3) is 0 Å². The first-order chi connectivity index (χ1) is 5.85. The summed E-state index contributed by atoms with van der Waals surface area (Å²) >= 11 is 0. The second kappa shape index (κ2) is 3.54. The highest BCUT2D eigenvalue weighted by Gasteiger charge is 2.51. The molecule has 0 radical (unpaired) electrons. The highest BCUT2D eigenvalue weighted by molar-refractivity contribution is 4.99. The van der Waals surface area contributed by atoms with Gasteiger partial charge in [-0.25, -0.2) is 4.39 Å². The van der Waals surface area contributed by atoms with Crippen LogP contribution >= 0.6 is 0 Å². The Bertz CT molecular complexity index is 180. The molecule has 1 aliphatic heterocycles. The predicted molar refractivity (Wildman–Crippen MR) is 49.3 cm³/mol. The van der Waals surface area contributed by atoms with Gasteiger partial charge in [-0.1, -0.05) is 13.8 Å². The van der Waals surface area contributed by atoms with E-state index >= 15 is 0 Å². The summed E-state index contributed by atoms with van der Waals surface area (Å²) in [5.74, 6) is 0.417. The van der Waals surface area contributed by atoms with Gasteiger partial charge in [0.15, 0.2) is 5.67 Å². The van der Waals surface area contributed by atoms with Crippen LogP contribution in [-0.4, -0.2) is 29.1 Å². The summed E-state index contributed by atoms with van der Waals surface area (Å²) in [5, 5.41) is 9.64. The Morgan fingerprint density at radius 1 is 1.54 bits per heavy atom. The zero-order chi connectivity index (χ0) is 10.2. The van der Waals surface area contributed by atoms with E-state index in [-0.39, 0.29) is 6.10 Å². The Balaban J connectivity index is 2.62. The van der Waals surface area contributed by atoms with E-state index in [4.69, 9.17) is 4.74 Å². The average Bonchev–Trinajstić information content (AvgIpc) is 2.15. The van der Waals surface area contributed by atoms with Gasteiger partial charge in [-0.3, -0.25) is 0 Å². The molecule has 0 aliphatic carbocycles. The van der Waals surface area contributed by atoms with Crippen LogP contribution in [0.1, 0.15) is 34.1 Å². The SMILES string of the molecule is CC(C)CC1OC(C)C(C)(F)C1O. The van der Waals surface area contributed by atoms with Crippen LogP contribution in [0.5, 0.6) is 0 Å². The first-order valence-corrected chi connectivity index (χ1v) is 4.88. The molecule has 4 unspecified atom stereocenters. The number of halogens is 1. The van der Waals surface area contributed by atoms with Crippen molar-refractivity contribution in [1.29, 1.82) is 0 Å². The normalized spacial score (nSPS) is 45.9. The van der Waals surface area contributed by atoms with Gasteiger partial charge in [-0.05, 0) is 26.2 Å². The highest BCUT2D eigenvalue weighted by atomic mass is 19.1. The van der Waals surface area contributed by atoms with Crippen molar-refractivity contribution < 1.29 is 14.2 Å². The van der Waals surface area contributed by atoms with Crippen molar-refractivity contribution in [3.05, 3.63) is 0 Å². The zero-order valence-corrected chi connectivity index (χ0v) is 8.75. The fraction of sp³-hybridized carbons (Fsp3) is 1.00. The molecule has 1 fully saturated rings. The van der Waals surface area contributed by atoms with Crippen LogP contribution in [0.3, 0.4) is 0 Å². The third-order valence-electron chi connectivity index (χ3n) is 2.81. The molecule has 0 aromatic carbocycles. The summed E-state index contributed by atoms with van der Waals surface area (Å²) < 4.78 is 19.1. The van der Waals surface area contributed by atoms with Gasteiger partial charge in [-0.15, -0.1) is 0 Å². The molecule has 0 aromatic rings. The van der Waals surface area contributed by atoms with Crippen LogP contribution in [-0.2, 0) is 4.74 Å². The van der Waals surface area contributed by atoms with Crippen LogP contribution in [0.15, 0.2) is 0 Å². The smallest absolute Gasteiger partial charge is 0.162 e. The number of alkyl halides is 1. The first kappa shape index (κ1) is 10.9. The summed E-state index contributed by atoms with van der Waals surface area (Å²) in [6.07, 6.45) is -1.12. The maximum atomic E-state index is 13.7. The van der Waals surface area contributed by atoms with Gasteiger partial charge in [0.05, 0.1) is 12.2 Å². The van der Waals surface area contributed by atoms with E-state index in [0.29, 0.717) is 12.3 Å². The lowest BCUT2D eigenvalue weighted by Crippen LogP contribution is -2.40. The Kier molecular flexibility index (Phi) is 2.98. The highest BCUT2D eigenvalue weighted by Crippen LogP contribution is 2.36. The topological polar surface area (TPSA) is 29.5 Å². The van der Waals surface area contributed by atoms with Crippen molar-refractivity contribution in [3.8, 4) is 0 Å². The molecule has 1 aliphatic rings. The van der Waals surface area contributed by atoms with Gasteiger partial charge in [0, 0.05) is 0 Å². The monoisotopic (exact) mass is 190 g/mol. The van der Waals surface area contributed by atoms with E-state index < -0.39 is 17.9 Å². The molecule has 2 nitrogen and oxygen atoms in total. The molecule has 0 aromatic heterocycles. The standard InChI is InChI=1S/C10H19FO2/c1-6(2)5-8-9(12)10(4,11)7(3)13-8/h6-9,12H,5H2,1-4H3. The van der Waals surface area contributed by atoms with Crippen molar-refractivity contribution in [2.75, 3.05) is 0 Å². The molecule has 0 amide bonds.